The number of carbonyl (C=O) groups is 1. The Kier molecular flexibility index (Phi) is 7.29. The molecule has 0 unspecified atom stereocenters. The summed E-state index contributed by atoms with van der Waals surface area (Å²) in [5.41, 5.74) is 1.67. The summed E-state index contributed by atoms with van der Waals surface area (Å²) in [5.74, 6) is -1.42. The van der Waals surface area contributed by atoms with Crippen LogP contribution in [0, 0.1) is 11.6 Å². The Balaban J connectivity index is 1.49. The van der Waals surface area contributed by atoms with Crippen molar-refractivity contribution in [1.29, 1.82) is 0 Å². The number of nitrogens with zero attached hydrogens (tertiary/aromatic N) is 5. The zero-order valence-corrected chi connectivity index (χ0v) is 21.2. The first-order valence-corrected chi connectivity index (χ1v) is 12.3. The SMILES string of the molecule is COCCNCc1nnc(-c2cn3ncnc(Nc4cc(C(=O)NC5CC5)c(F)cc4F)c3c2C(C)C)o1. The van der Waals surface area contributed by atoms with Gasteiger partial charge in [0.2, 0.25) is 11.8 Å². The molecule has 0 radical (unpaired) electrons. The Labute approximate surface area is 217 Å². The molecule has 0 aliphatic heterocycles. The Hall–Kier alpha value is -3.97. The van der Waals surface area contributed by atoms with Gasteiger partial charge in [0.05, 0.1) is 30.0 Å². The number of methoxy groups -OCH3 is 1. The molecule has 1 aliphatic rings. The number of fused-ring (bicyclic) bond motifs is 1. The maximum absolute atomic E-state index is 14.8. The molecule has 1 aromatic carbocycles. The van der Waals surface area contributed by atoms with Crippen LogP contribution >= 0.6 is 0 Å². The van der Waals surface area contributed by atoms with Crippen molar-refractivity contribution in [3.63, 3.8) is 0 Å². The molecule has 13 heteroatoms. The Morgan fingerprint density at radius 2 is 2.05 bits per heavy atom. The lowest BCUT2D eigenvalue weighted by Gasteiger charge is -2.13. The highest BCUT2D eigenvalue weighted by Crippen LogP contribution is 2.37. The predicted molar refractivity (Wildman–Crippen MR) is 134 cm³/mol. The number of benzene rings is 1. The maximum atomic E-state index is 14.8. The maximum Gasteiger partial charge on any atom is 0.254 e. The minimum absolute atomic E-state index is 0.0314. The zero-order valence-electron chi connectivity index (χ0n) is 21.2. The number of hydrogen-bond acceptors (Lipinski definition) is 9. The van der Waals surface area contributed by atoms with Crippen molar-refractivity contribution >= 4 is 22.9 Å². The summed E-state index contributed by atoms with van der Waals surface area (Å²) in [7, 11) is 1.62. The van der Waals surface area contributed by atoms with E-state index in [1.54, 1.807) is 17.8 Å². The smallest absolute Gasteiger partial charge is 0.254 e. The van der Waals surface area contributed by atoms with E-state index in [1.165, 1.54) is 6.33 Å². The number of rotatable bonds is 11. The monoisotopic (exact) mass is 526 g/mol. The summed E-state index contributed by atoms with van der Waals surface area (Å²) in [4.78, 5) is 16.8. The van der Waals surface area contributed by atoms with Crippen LogP contribution in [-0.4, -0.2) is 57.0 Å². The van der Waals surface area contributed by atoms with Crippen molar-refractivity contribution in [3.8, 4) is 11.5 Å². The second kappa shape index (κ2) is 10.8. The quantitative estimate of drug-likeness (QED) is 0.251. The molecule has 3 heterocycles. The Morgan fingerprint density at radius 1 is 1.24 bits per heavy atom. The third-order valence-electron chi connectivity index (χ3n) is 6.11. The molecule has 0 spiro atoms. The van der Waals surface area contributed by atoms with Crippen molar-refractivity contribution in [3.05, 3.63) is 53.3 Å². The van der Waals surface area contributed by atoms with Gasteiger partial charge in [-0.05, 0) is 30.4 Å². The van der Waals surface area contributed by atoms with E-state index in [2.05, 4.69) is 36.2 Å². The van der Waals surface area contributed by atoms with Crippen molar-refractivity contribution < 1.29 is 22.7 Å². The standard InChI is InChI=1S/C25H28F2N8O3/c1-13(2)21-16(25-34-33-20(38-25)10-28-6-7-37-3)11-35-22(21)23(29-12-30-35)32-19-8-15(17(26)9-18(19)27)24(36)31-14-4-5-14/h8-9,11-14,28H,4-7,10H2,1-3H3,(H,31,36)(H,29,30,32). The second-order valence-electron chi connectivity index (χ2n) is 9.37. The number of nitrogens with one attached hydrogen (secondary N) is 3. The molecule has 200 valence electrons. The van der Waals surface area contributed by atoms with Crippen molar-refractivity contribution in [2.75, 3.05) is 25.6 Å². The number of aromatic nitrogens is 5. The van der Waals surface area contributed by atoms with E-state index < -0.39 is 17.5 Å². The van der Waals surface area contributed by atoms with Gasteiger partial charge in [0.15, 0.2) is 5.82 Å². The van der Waals surface area contributed by atoms with E-state index in [0.717, 1.165) is 24.5 Å². The molecule has 4 aromatic rings. The normalized spacial score (nSPS) is 13.4. The minimum Gasteiger partial charge on any atom is -0.419 e. The Bertz CT molecular complexity index is 1460. The molecule has 11 nitrogen and oxygen atoms in total. The van der Waals surface area contributed by atoms with Crippen LogP contribution in [0.5, 0.6) is 0 Å². The summed E-state index contributed by atoms with van der Waals surface area (Å²) in [5, 5.41) is 21.4. The number of ether oxygens (including phenoxy) is 1. The summed E-state index contributed by atoms with van der Waals surface area (Å²) in [6.45, 7) is 5.54. The van der Waals surface area contributed by atoms with Crippen LogP contribution in [0.3, 0.4) is 0 Å². The second-order valence-corrected chi connectivity index (χ2v) is 9.37. The van der Waals surface area contributed by atoms with Crippen LogP contribution in [-0.2, 0) is 11.3 Å². The molecule has 0 saturated heterocycles. The summed E-state index contributed by atoms with van der Waals surface area (Å²) < 4.78 is 41.7. The van der Waals surface area contributed by atoms with Crippen LogP contribution in [0.2, 0.25) is 0 Å². The van der Waals surface area contributed by atoms with E-state index in [-0.39, 0.29) is 29.0 Å². The molecule has 1 aliphatic carbocycles. The highest BCUT2D eigenvalue weighted by atomic mass is 19.1. The van der Waals surface area contributed by atoms with Gasteiger partial charge in [0, 0.05) is 32.0 Å². The van der Waals surface area contributed by atoms with Crippen LogP contribution in [0.15, 0.2) is 29.1 Å². The average molecular weight is 527 g/mol. The molecular formula is C25H28F2N8O3. The van der Waals surface area contributed by atoms with Gasteiger partial charge in [-0.2, -0.15) is 5.10 Å². The van der Waals surface area contributed by atoms with Crippen LogP contribution in [0.1, 0.15) is 54.4 Å². The van der Waals surface area contributed by atoms with Gasteiger partial charge in [-0.15, -0.1) is 10.2 Å². The van der Waals surface area contributed by atoms with Crippen molar-refractivity contribution in [2.45, 2.75) is 45.2 Å². The molecule has 0 bridgehead atoms. The van der Waals surface area contributed by atoms with Gasteiger partial charge in [-0.3, -0.25) is 4.79 Å². The van der Waals surface area contributed by atoms with Crippen molar-refractivity contribution in [1.82, 2.24) is 35.4 Å². The molecule has 0 atom stereocenters. The number of carbonyl (C=O) groups excluding carboxylic acids is 1. The van der Waals surface area contributed by atoms with E-state index >= 15 is 0 Å². The predicted octanol–water partition coefficient (Wildman–Crippen LogP) is 3.55. The lowest BCUT2D eigenvalue weighted by molar-refractivity contribution is 0.0947. The van der Waals surface area contributed by atoms with Crippen molar-refractivity contribution in [2.24, 2.45) is 0 Å². The van der Waals surface area contributed by atoms with Gasteiger partial charge < -0.3 is 25.1 Å². The van der Waals surface area contributed by atoms with Gasteiger partial charge in [-0.1, -0.05) is 13.8 Å². The average Bonchev–Trinajstić information content (AvgIpc) is 3.41. The first-order chi connectivity index (χ1) is 18.4. The lowest BCUT2D eigenvalue weighted by atomic mass is 10.00. The first kappa shape index (κ1) is 25.7. The Morgan fingerprint density at radius 3 is 2.79 bits per heavy atom. The molecule has 3 N–H and O–H groups in total. The van der Waals surface area contributed by atoms with E-state index in [0.29, 0.717) is 48.6 Å². The number of hydrogen-bond donors (Lipinski definition) is 3. The lowest BCUT2D eigenvalue weighted by Crippen LogP contribution is -2.26. The fourth-order valence-electron chi connectivity index (χ4n) is 4.12. The van der Waals surface area contributed by atoms with Crippen LogP contribution in [0.4, 0.5) is 20.3 Å². The first-order valence-electron chi connectivity index (χ1n) is 12.3. The van der Waals surface area contributed by atoms with Crippen LogP contribution < -0.4 is 16.0 Å². The van der Waals surface area contributed by atoms with Gasteiger partial charge in [0.25, 0.3) is 5.91 Å². The van der Waals surface area contributed by atoms with E-state index in [1.807, 2.05) is 13.8 Å². The van der Waals surface area contributed by atoms with Gasteiger partial charge in [0.1, 0.15) is 23.5 Å². The number of anilines is 2. The molecule has 3 aromatic heterocycles. The molecule has 5 rings (SSSR count). The topological polar surface area (TPSA) is 132 Å². The third kappa shape index (κ3) is 5.34. The molecule has 1 fully saturated rings. The largest absolute Gasteiger partial charge is 0.419 e. The highest BCUT2D eigenvalue weighted by Gasteiger charge is 2.27. The molecule has 1 amide bonds. The number of halogens is 2. The van der Waals surface area contributed by atoms with E-state index in [9.17, 15) is 13.6 Å². The number of amides is 1. The van der Waals surface area contributed by atoms with Gasteiger partial charge >= 0.3 is 0 Å². The molecular weight excluding hydrogens is 498 g/mol. The molecule has 38 heavy (non-hydrogen) atoms. The highest BCUT2D eigenvalue weighted by molar-refractivity contribution is 5.96. The minimum atomic E-state index is -0.934. The third-order valence-corrected chi connectivity index (χ3v) is 6.11. The van der Waals surface area contributed by atoms with Crippen LogP contribution in [0.25, 0.3) is 17.0 Å². The van der Waals surface area contributed by atoms with Gasteiger partial charge in [-0.25, -0.2) is 18.3 Å². The molecule has 1 saturated carbocycles. The fraction of sp³-hybridized carbons (Fsp3) is 0.400. The summed E-state index contributed by atoms with van der Waals surface area (Å²) in [6, 6.07) is 1.88. The zero-order chi connectivity index (χ0) is 26.8. The fourth-order valence-corrected chi connectivity index (χ4v) is 4.12. The summed E-state index contributed by atoms with van der Waals surface area (Å²) >= 11 is 0. The summed E-state index contributed by atoms with van der Waals surface area (Å²) in [6.07, 6.45) is 4.74. The van der Waals surface area contributed by atoms with E-state index in [4.69, 9.17) is 9.15 Å².